The van der Waals surface area contributed by atoms with Crippen LogP contribution in [0.1, 0.15) is 25.7 Å². The van der Waals surface area contributed by atoms with E-state index in [9.17, 15) is 9.59 Å². The van der Waals surface area contributed by atoms with Crippen LogP contribution in [0, 0.1) is 5.92 Å². The van der Waals surface area contributed by atoms with Gasteiger partial charge in [0.2, 0.25) is 11.8 Å². The molecular weight excluding hydrogens is 282 g/mol. The van der Waals surface area contributed by atoms with Gasteiger partial charge in [-0.05, 0) is 26.9 Å². The zero-order chi connectivity index (χ0) is 15.9. The Bertz CT molecular complexity index is 387. The van der Waals surface area contributed by atoms with Crippen LogP contribution in [0.3, 0.4) is 0 Å². The van der Waals surface area contributed by atoms with Crippen molar-refractivity contribution in [3.05, 3.63) is 0 Å². The van der Waals surface area contributed by atoms with Crippen molar-refractivity contribution in [1.29, 1.82) is 0 Å². The van der Waals surface area contributed by atoms with E-state index >= 15 is 0 Å². The van der Waals surface area contributed by atoms with E-state index in [1.165, 1.54) is 0 Å². The summed E-state index contributed by atoms with van der Waals surface area (Å²) >= 11 is 0. The van der Waals surface area contributed by atoms with E-state index in [-0.39, 0.29) is 11.8 Å². The predicted octanol–water partition coefficient (Wildman–Crippen LogP) is 0.426. The molecule has 6 nitrogen and oxygen atoms in total. The molecule has 2 rings (SSSR count). The van der Waals surface area contributed by atoms with Gasteiger partial charge in [-0.3, -0.25) is 9.59 Å². The van der Waals surface area contributed by atoms with E-state index in [0.717, 1.165) is 32.5 Å². The molecule has 0 unspecified atom stereocenters. The van der Waals surface area contributed by atoms with E-state index in [4.69, 9.17) is 4.74 Å². The highest BCUT2D eigenvalue weighted by Gasteiger charge is 2.24. The standard InChI is InChI=1S/C16H29N3O3/c1-17(2)11-14-12-19(9-10-22-13-14)16(21)6-8-18-7-4-3-5-15(18)20/h14H,3-13H2,1-2H3/t14-/m1/s1. The van der Waals surface area contributed by atoms with Gasteiger partial charge >= 0.3 is 0 Å². The van der Waals surface area contributed by atoms with Crippen molar-refractivity contribution in [3.63, 3.8) is 0 Å². The molecule has 0 radical (unpaired) electrons. The minimum absolute atomic E-state index is 0.146. The van der Waals surface area contributed by atoms with Gasteiger partial charge in [0.1, 0.15) is 0 Å². The SMILES string of the molecule is CN(C)C[C@H]1COCCN(C(=O)CCN2CCCCC2=O)C1. The zero-order valence-corrected chi connectivity index (χ0v) is 13.9. The Hall–Kier alpha value is -1.14. The van der Waals surface area contributed by atoms with Crippen molar-refractivity contribution < 1.29 is 14.3 Å². The van der Waals surface area contributed by atoms with Crippen LogP contribution in [-0.2, 0) is 14.3 Å². The Balaban J connectivity index is 1.80. The summed E-state index contributed by atoms with van der Waals surface area (Å²) in [4.78, 5) is 30.1. The minimum Gasteiger partial charge on any atom is -0.379 e. The molecule has 126 valence electrons. The van der Waals surface area contributed by atoms with E-state index in [1.807, 2.05) is 23.9 Å². The molecule has 0 aliphatic carbocycles. The lowest BCUT2D eigenvalue weighted by atomic mass is 10.1. The molecule has 2 fully saturated rings. The van der Waals surface area contributed by atoms with E-state index in [0.29, 0.717) is 45.1 Å². The van der Waals surface area contributed by atoms with Gasteiger partial charge in [0.05, 0.1) is 13.2 Å². The smallest absolute Gasteiger partial charge is 0.224 e. The highest BCUT2D eigenvalue weighted by Crippen LogP contribution is 2.13. The second-order valence-electron chi connectivity index (χ2n) is 6.63. The number of amides is 2. The summed E-state index contributed by atoms with van der Waals surface area (Å²) in [6.45, 7) is 5.03. The number of hydrogen-bond acceptors (Lipinski definition) is 4. The Morgan fingerprint density at radius 2 is 2.14 bits per heavy atom. The number of piperidine rings is 1. The van der Waals surface area contributed by atoms with Crippen molar-refractivity contribution in [2.45, 2.75) is 25.7 Å². The van der Waals surface area contributed by atoms with Crippen molar-refractivity contribution in [3.8, 4) is 0 Å². The molecule has 2 aliphatic rings. The molecule has 0 spiro atoms. The molecule has 0 N–H and O–H groups in total. The third kappa shape index (κ3) is 5.25. The molecule has 2 amide bonds. The fourth-order valence-electron chi connectivity index (χ4n) is 3.22. The maximum absolute atomic E-state index is 12.5. The quantitative estimate of drug-likeness (QED) is 0.739. The lowest BCUT2D eigenvalue weighted by Crippen LogP contribution is -2.42. The Morgan fingerprint density at radius 1 is 1.32 bits per heavy atom. The summed E-state index contributed by atoms with van der Waals surface area (Å²) in [6.07, 6.45) is 3.11. The van der Waals surface area contributed by atoms with Gasteiger partial charge in [0.25, 0.3) is 0 Å². The highest BCUT2D eigenvalue weighted by atomic mass is 16.5. The molecule has 6 heteroatoms. The van der Waals surface area contributed by atoms with Crippen LogP contribution in [0.25, 0.3) is 0 Å². The average molecular weight is 311 g/mol. The van der Waals surface area contributed by atoms with Crippen molar-refractivity contribution >= 4 is 11.8 Å². The maximum atomic E-state index is 12.5. The molecule has 0 aromatic rings. The largest absolute Gasteiger partial charge is 0.379 e. The first-order valence-electron chi connectivity index (χ1n) is 8.34. The van der Waals surface area contributed by atoms with Gasteiger partial charge in [-0.2, -0.15) is 0 Å². The van der Waals surface area contributed by atoms with Gasteiger partial charge in [0, 0.05) is 51.5 Å². The molecule has 0 aromatic carbocycles. The van der Waals surface area contributed by atoms with E-state index < -0.39 is 0 Å². The first-order chi connectivity index (χ1) is 10.6. The van der Waals surface area contributed by atoms with Crippen molar-refractivity contribution in [2.24, 2.45) is 5.92 Å². The number of carbonyl (C=O) groups excluding carboxylic acids is 2. The lowest BCUT2D eigenvalue weighted by molar-refractivity contribution is -0.136. The molecule has 2 aliphatic heterocycles. The van der Waals surface area contributed by atoms with Crippen LogP contribution in [0.15, 0.2) is 0 Å². The summed E-state index contributed by atoms with van der Waals surface area (Å²) < 4.78 is 5.61. The fraction of sp³-hybridized carbons (Fsp3) is 0.875. The second-order valence-corrected chi connectivity index (χ2v) is 6.63. The highest BCUT2D eigenvalue weighted by molar-refractivity contribution is 5.79. The van der Waals surface area contributed by atoms with Gasteiger partial charge in [-0.1, -0.05) is 0 Å². The van der Waals surface area contributed by atoms with E-state index in [1.54, 1.807) is 0 Å². The zero-order valence-electron chi connectivity index (χ0n) is 13.9. The molecule has 0 saturated carbocycles. The number of ether oxygens (including phenoxy) is 1. The van der Waals surface area contributed by atoms with Crippen LogP contribution < -0.4 is 0 Å². The third-order valence-corrected chi connectivity index (χ3v) is 4.33. The molecule has 0 bridgehead atoms. The van der Waals surface area contributed by atoms with Gasteiger partial charge in [0.15, 0.2) is 0 Å². The van der Waals surface area contributed by atoms with Crippen LogP contribution in [0.4, 0.5) is 0 Å². The summed E-state index contributed by atoms with van der Waals surface area (Å²) in [7, 11) is 4.08. The van der Waals surface area contributed by atoms with Crippen molar-refractivity contribution in [2.75, 3.05) is 60.0 Å². The van der Waals surface area contributed by atoms with Crippen LogP contribution >= 0.6 is 0 Å². The molecule has 22 heavy (non-hydrogen) atoms. The number of rotatable bonds is 5. The Labute approximate surface area is 133 Å². The first kappa shape index (κ1) is 17.2. The number of nitrogens with zero attached hydrogens (tertiary/aromatic N) is 3. The summed E-state index contributed by atoms with van der Waals surface area (Å²) in [5.41, 5.74) is 0. The Morgan fingerprint density at radius 3 is 2.86 bits per heavy atom. The van der Waals surface area contributed by atoms with Gasteiger partial charge < -0.3 is 19.4 Å². The summed E-state index contributed by atoms with van der Waals surface area (Å²) in [5, 5.41) is 0. The molecule has 1 atom stereocenters. The normalized spacial score (nSPS) is 23.8. The predicted molar refractivity (Wildman–Crippen MR) is 84.5 cm³/mol. The maximum Gasteiger partial charge on any atom is 0.224 e. The number of carbonyl (C=O) groups is 2. The van der Waals surface area contributed by atoms with E-state index in [2.05, 4.69) is 4.90 Å². The van der Waals surface area contributed by atoms with Crippen molar-refractivity contribution in [1.82, 2.24) is 14.7 Å². The number of likely N-dealkylation sites (tertiary alicyclic amines) is 1. The van der Waals surface area contributed by atoms with Gasteiger partial charge in [-0.15, -0.1) is 0 Å². The monoisotopic (exact) mass is 311 g/mol. The van der Waals surface area contributed by atoms with Gasteiger partial charge in [-0.25, -0.2) is 0 Å². The lowest BCUT2D eigenvalue weighted by Gasteiger charge is -2.29. The van der Waals surface area contributed by atoms with Crippen LogP contribution in [-0.4, -0.2) is 86.5 Å². The fourth-order valence-corrected chi connectivity index (χ4v) is 3.22. The third-order valence-electron chi connectivity index (χ3n) is 4.33. The minimum atomic E-state index is 0.146. The van der Waals surface area contributed by atoms with Crippen LogP contribution in [0.5, 0.6) is 0 Å². The molecular formula is C16H29N3O3. The summed E-state index contributed by atoms with van der Waals surface area (Å²) in [5.74, 6) is 0.703. The second kappa shape index (κ2) is 8.48. The number of hydrogen-bond donors (Lipinski definition) is 0. The molecule has 2 saturated heterocycles. The Kier molecular flexibility index (Phi) is 6.64. The first-order valence-corrected chi connectivity index (χ1v) is 8.34. The van der Waals surface area contributed by atoms with Crippen LogP contribution in [0.2, 0.25) is 0 Å². The topological polar surface area (TPSA) is 53.1 Å². The molecule has 2 heterocycles. The summed E-state index contributed by atoms with van der Waals surface area (Å²) in [6, 6.07) is 0. The average Bonchev–Trinajstić information content (AvgIpc) is 2.71. The molecule has 0 aromatic heterocycles.